The number of carbonyl (C=O) groups is 2. The lowest BCUT2D eigenvalue weighted by molar-refractivity contribution is -0.142. The van der Waals surface area contributed by atoms with Gasteiger partial charge in [0.25, 0.3) is 6.47 Å². The largest absolute Gasteiger partial charge is 0.483 e. The maximum Gasteiger partial charge on any atom is 0.290 e. The zero-order valence-corrected chi connectivity index (χ0v) is 17.2. The Kier molecular flexibility index (Phi) is 7.14. The van der Waals surface area contributed by atoms with Crippen molar-refractivity contribution in [2.75, 3.05) is 31.1 Å². The van der Waals surface area contributed by atoms with Gasteiger partial charge in [-0.1, -0.05) is 23.8 Å². The third-order valence-electron chi connectivity index (χ3n) is 6.20. The monoisotopic (exact) mass is 421 g/mol. The second-order valence-electron chi connectivity index (χ2n) is 8.01. The summed E-state index contributed by atoms with van der Waals surface area (Å²) in [6, 6.07) is 3.68. The summed E-state index contributed by atoms with van der Waals surface area (Å²) in [5.41, 5.74) is -0.293. The number of aliphatic hydroxyl groups is 1. The van der Waals surface area contributed by atoms with Gasteiger partial charge in [-0.15, -0.1) is 0 Å². The summed E-state index contributed by atoms with van der Waals surface area (Å²) in [7, 11) is 0. The van der Waals surface area contributed by atoms with E-state index < -0.39 is 6.10 Å². The summed E-state index contributed by atoms with van der Waals surface area (Å²) in [6.45, 7) is 2.61. The van der Waals surface area contributed by atoms with E-state index in [9.17, 15) is 9.90 Å². The molecule has 29 heavy (non-hydrogen) atoms. The Balaban J connectivity index is 0.000000755. The molecule has 1 spiro atoms. The van der Waals surface area contributed by atoms with Crippen LogP contribution in [0.2, 0.25) is 5.02 Å². The van der Waals surface area contributed by atoms with Gasteiger partial charge in [0.15, 0.2) is 0 Å². The van der Waals surface area contributed by atoms with Crippen molar-refractivity contribution in [2.45, 2.75) is 38.2 Å². The van der Waals surface area contributed by atoms with Crippen molar-refractivity contribution in [2.24, 2.45) is 11.3 Å². The topological polar surface area (TPSA) is 94.0 Å². The van der Waals surface area contributed by atoms with Gasteiger partial charge in [0, 0.05) is 43.7 Å². The summed E-state index contributed by atoms with van der Waals surface area (Å²) in [5, 5.41) is 18.4. The molecule has 0 bridgehead atoms. The van der Waals surface area contributed by atoms with Crippen LogP contribution >= 0.6 is 11.6 Å². The molecule has 0 saturated carbocycles. The number of hydrogen-bond donors (Lipinski definition) is 2. The van der Waals surface area contributed by atoms with Crippen LogP contribution in [0.1, 0.15) is 32.1 Å². The van der Waals surface area contributed by atoms with Crippen molar-refractivity contribution in [1.82, 2.24) is 9.88 Å². The molecule has 1 aromatic rings. The number of aromatic nitrogens is 1. The van der Waals surface area contributed by atoms with Gasteiger partial charge in [0.1, 0.15) is 5.82 Å². The van der Waals surface area contributed by atoms with E-state index in [0.717, 1.165) is 44.6 Å². The minimum absolute atomic E-state index is 0.0900. The molecule has 0 unspecified atom stereocenters. The van der Waals surface area contributed by atoms with Crippen LogP contribution < -0.4 is 4.90 Å². The van der Waals surface area contributed by atoms with Crippen LogP contribution in [-0.4, -0.2) is 64.8 Å². The Bertz CT molecular complexity index is 751. The molecule has 3 heterocycles. The molecular weight excluding hydrogens is 394 g/mol. The molecule has 2 saturated heterocycles. The fourth-order valence-corrected chi connectivity index (χ4v) is 5.01. The Labute approximate surface area is 176 Å². The van der Waals surface area contributed by atoms with Gasteiger partial charge in [0.05, 0.1) is 11.1 Å². The number of carboxylic acid groups (broad SMARTS) is 1. The van der Waals surface area contributed by atoms with Gasteiger partial charge >= 0.3 is 0 Å². The van der Waals surface area contributed by atoms with E-state index in [4.69, 9.17) is 21.5 Å². The number of hydrogen-bond acceptors (Lipinski definition) is 5. The van der Waals surface area contributed by atoms with Crippen molar-refractivity contribution < 1.29 is 19.8 Å². The number of halogens is 1. The maximum absolute atomic E-state index is 12.9. The van der Waals surface area contributed by atoms with E-state index in [0.29, 0.717) is 24.5 Å². The Hall–Kier alpha value is -2.12. The molecule has 158 valence electrons. The molecule has 1 aromatic heterocycles. The van der Waals surface area contributed by atoms with Crippen LogP contribution in [0.15, 0.2) is 30.5 Å². The van der Waals surface area contributed by atoms with Gasteiger partial charge in [-0.2, -0.15) is 0 Å². The number of anilines is 1. The highest BCUT2D eigenvalue weighted by atomic mass is 35.5. The fourth-order valence-electron chi connectivity index (χ4n) is 4.77. The zero-order chi connectivity index (χ0) is 20.9. The van der Waals surface area contributed by atoms with Crippen LogP contribution in [0.3, 0.4) is 0 Å². The number of pyridine rings is 1. The predicted molar refractivity (Wildman–Crippen MR) is 111 cm³/mol. The summed E-state index contributed by atoms with van der Waals surface area (Å²) in [5.74, 6) is 1.12. The van der Waals surface area contributed by atoms with Crippen molar-refractivity contribution in [3.63, 3.8) is 0 Å². The van der Waals surface area contributed by atoms with Crippen LogP contribution in [0.5, 0.6) is 0 Å². The van der Waals surface area contributed by atoms with E-state index in [-0.39, 0.29) is 23.7 Å². The second-order valence-corrected chi connectivity index (χ2v) is 8.41. The third kappa shape index (κ3) is 4.73. The molecule has 3 aliphatic rings. The van der Waals surface area contributed by atoms with E-state index in [1.54, 1.807) is 6.20 Å². The number of nitrogens with zero attached hydrogens (tertiary/aromatic N) is 3. The van der Waals surface area contributed by atoms with Crippen LogP contribution in [-0.2, 0) is 9.59 Å². The smallest absolute Gasteiger partial charge is 0.290 e. The van der Waals surface area contributed by atoms with E-state index in [1.165, 1.54) is 0 Å². The summed E-state index contributed by atoms with van der Waals surface area (Å²) >= 11 is 6.35. The van der Waals surface area contributed by atoms with Crippen LogP contribution in [0.4, 0.5) is 5.82 Å². The van der Waals surface area contributed by atoms with Gasteiger partial charge in [-0.3, -0.25) is 9.59 Å². The molecule has 2 atom stereocenters. The Morgan fingerprint density at radius 1 is 1.28 bits per heavy atom. The quantitative estimate of drug-likeness (QED) is 0.563. The Morgan fingerprint density at radius 2 is 2.00 bits per heavy atom. The molecule has 2 N–H and O–H groups in total. The first-order valence-electron chi connectivity index (χ1n) is 10.1. The number of allylic oxidation sites excluding steroid dienone is 2. The molecule has 2 fully saturated rings. The number of carbonyl (C=O) groups excluding carboxylic acids is 1. The molecule has 1 aliphatic carbocycles. The first-order valence-corrected chi connectivity index (χ1v) is 10.4. The molecule has 2 aliphatic heterocycles. The Morgan fingerprint density at radius 3 is 2.69 bits per heavy atom. The van der Waals surface area contributed by atoms with Crippen molar-refractivity contribution in [1.29, 1.82) is 0 Å². The number of piperidine rings is 2. The minimum Gasteiger partial charge on any atom is -0.483 e. The third-order valence-corrected chi connectivity index (χ3v) is 6.50. The van der Waals surface area contributed by atoms with Crippen molar-refractivity contribution in [3.8, 4) is 0 Å². The number of amides is 1. The van der Waals surface area contributed by atoms with Gasteiger partial charge in [0.2, 0.25) is 5.91 Å². The standard InChI is InChI=1S/C20H26ClN3O2.CH2O2/c21-16-7-3-10-22-18(16)23-12-8-17(25)20(13-23)9-4-11-24(14-20)19(26)15-5-1-2-6-15;2-1-3/h1-3,7,10,15,17,25H,4-6,8-9,11-14H2;1H,(H,2,3)/t17-,20-;/m1./s1. The molecule has 1 amide bonds. The first kappa shape index (κ1) is 21.6. The lowest BCUT2D eigenvalue weighted by Crippen LogP contribution is -2.60. The van der Waals surface area contributed by atoms with Gasteiger partial charge in [-0.05, 0) is 44.2 Å². The van der Waals surface area contributed by atoms with Gasteiger partial charge in [-0.25, -0.2) is 4.98 Å². The highest BCUT2D eigenvalue weighted by molar-refractivity contribution is 6.32. The number of aliphatic hydroxyl groups excluding tert-OH is 1. The summed E-state index contributed by atoms with van der Waals surface area (Å²) in [4.78, 5) is 29.9. The maximum atomic E-state index is 12.9. The van der Waals surface area contributed by atoms with E-state index in [1.807, 2.05) is 17.0 Å². The highest BCUT2D eigenvalue weighted by Gasteiger charge is 2.47. The van der Waals surface area contributed by atoms with E-state index in [2.05, 4.69) is 22.0 Å². The van der Waals surface area contributed by atoms with Gasteiger partial charge < -0.3 is 20.0 Å². The van der Waals surface area contributed by atoms with Crippen molar-refractivity contribution >= 4 is 29.8 Å². The lowest BCUT2D eigenvalue weighted by atomic mass is 9.71. The molecular formula is C21H28ClN3O4. The van der Waals surface area contributed by atoms with Crippen LogP contribution in [0.25, 0.3) is 0 Å². The molecule has 8 heteroatoms. The molecule has 0 aromatic carbocycles. The minimum atomic E-state index is -0.390. The molecule has 4 rings (SSSR count). The summed E-state index contributed by atoms with van der Waals surface area (Å²) in [6.07, 6.45) is 9.81. The lowest BCUT2D eigenvalue weighted by Gasteiger charge is -2.51. The molecule has 0 radical (unpaired) electrons. The normalized spacial score (nSPS) is 26.9. The molecule has 7 nitrogen and oxygen atoms in total. The SMILES string of the molecule is O=C(C1CC=CC1)N1CCC[C@]2(C1)CN(c1ncccc1Cl)CC[C@H]2O.O=CO. The average Bonchev–Trinajstić information content (AvgIpc) is 3.26. The average molecular weight is 422 g/mol. The highest BCUT2D eigenvalue weighted by Crippen LogP contribution is 2.41. The first-order chi connectivity index (χ1) is 14.0. The fraction of sp³-hybridized carbons (Fsp3) is 0.571. The predicted octanol–water partition coefficient (Wildman–Crippen LogP) is 2.58. The zero-order valence-electron chi connectivity index (χ0n) is 16.4. The summed E-state index contributed by atoms with van der Waals surface area (Å²) < 4.78 is 0. The van der Waals surface area contributed by atoms with Crippen molar-refractivity contribution in [3.05, 3.63) is 35.5 Å². The van der Waals surface area contributed by atoms with Crippen LogP contribution in [0, 0.1) is 11.3 Å². The number of rotatable bonds is 2. The number of likely N-dealkylation sites (tertiary alicyclic amines) is 1. The van der Waals surface area contributed by atoms with E-state index >= 15 is 0 Å². The second kappa shape index (κ2) is 9.59.